The van der Waals surface area contributed by atoms with Gasteiger partial charge in [-0.1, -0.05) is 11.6 Å². The number of carbonyl (C=O) groups excluding carboxylic acids is 1. The van der Waals surface area contributed by atoms with Crippen LogP contribution in [0.25, 0.3) is 6.08 Å². The van der Waals surface area contributed by atoms with Crippen LogP contribution < -0.4 is 4.74 Å². The number of carbonyl (C=O) groups is 1. The summed E-state index contributed by atoms with van der Waals surface area (Å²) in [6, 6.07) is 5.17. The Morgan fingerprint density at radius 1 is 1.42 bits per heavy atom. The van der Waals surface area contributed by atoms with E-state index in [0.29, 0.717) is 17.4 Å². The van der Waals surface area contributed by atoms with Crippen molar-refractivity contribution in [1.82, 2.24) is 0 Å². The van der Waals surface area contributed by atoms with Gasteiger partial charge in [0.05, 0.1) is 22.3 Å². The van der Waals surface area contributed by atoms with Gasteiger partial charge >= 0.3 is 5.97 Å². The summed E-state index contributed by atoms with van der Waals surface area (Å²) in [5.74, 6) is 0.122. The van der Waals surface area contributed by atoms with Gasteiger partial charge in [-0.3, -0.25) is 0 Å². The highest BCUT2D eigenvalue weighted by atomic mass is 79.9. The third-order valence-corrected chi connectivity index (χ3v) is 2.62. The van der Waals surface area contributed by atoms with Crippen molar-refractivity contribution < 1.29 is 14.3 Å². The number of ether oxygens (including phenoxy) is 2. The molecule has 0 unspecified atom stereocenters. The fourth-order valence-electron chi connectivity index (χ4n) is 1.21. The minimum absolute atomic E-state index is 0.328. The molecule has 6 heteroatoms. The molecule has 1 rings (SSSR count). The highest BCUT2D eigenvalue weighted by Gasteiger charge is 2.03. The maximum absolute atomic E-state index is 11.1. The molecule has 0 fully saturated rings. The quantitative estimate of drug-likeness (QED) is 0.394. The lowest BCUT2D eigenvalue weighted by Gasteiger charge is -2.05. The summed E-state index contributed by atoms with van der Waals surface area (Å²) in [5.41, 5.74) is 0.768. The standard InChI is InChI=1S/C13H11Br2ClO3/c1-2-18-13(17)5-6-19-11-4-3-10(16)7-9(11)8-12(14)15/h3-8H,2H2,1H3/b6-5+. The highest BCUT2D eigenvalue weighted by Crippen LogP contribution is 2.28. The number of hydrogen-bond acceptors (Lipinski definition) is 3. The zero-order chi connectivity index (χ0) is 14.3. The molecule has 0 saturated carbocycles. The van der Waals surface area contributed by atoms with Crippen LogP contribution in [0.5, 0.6) is 5.75 Å². The molecule has 0 radical (unpaired) electrons. The number of rotatable bonds is 5. The van der Waals surface area contributed by atoms with Crippen molar-refractivity contribution in [3.05, 3.63) is 44.5 Å². The van der Waals surface area contributed by atoms with Crippen molar-refractivity contribution in [3.63, 3.8) is 0 Å². The normalized spacial score (nSPS) is 10.3. The van der Waals surface area contributed by atoms with Gasteiger partial charge in [0.25, 0.3) is 0 Å². The van der Waals surface area contributed by atoms with Crippen LogP contribution in [0.1, 0.15) is 12.5 Å². The summed E-state index contributed by atoms with van der Waals surface area (Å²) >= 11 is 12.5. The molecule has 0 aliphatic rings. The molecule has 0 aliphatic carbocycles. The number of halogens is 3. The molecule has 1 aromatic rings. The molecular weight excluding hydrogens is 399 g/mol. The molecule has 0 aliphatic heterocycles. The predicted octanol–water partition coefficient (Wildman–Crippen LogP) is 4.88. The molecule has 0 spiro atoms. The number of esters is 1. The van der Waals surface area contributed by atoms with E-state index in [0.717, 1.165) is 8.96 Å². The van der Waals surface area contributed by atoms with E-state index in [9.17, 15) is 4.79 Å². The van der Waals surface area contributed by atoms with Crippen LogP contribution in [0, 0.1) is 0 Å². The Morgan fingerprint density at radius 3 is 2.79 bits per heavy atom. The van der Waals surface area contributed by atoms with E-state index < -0.39 is 5.97 Å². The monoisotopic (exact) mass is 408 g/mol. The zero-order valence-electron chi connectivity index (χ0n) is 10.0. The molecule has 0 amide bonds. The Labute approximate surface area is 133 Å². The third kappa shape index (κ3) is 6.27. The summed E-state index contributed by atoms with van der Waals surface area (Å²) < 4.78 is 10.9. The van der Waals surface area contributed by atoms with Crippen LogP contribution in [0.15, 0.2) is 33.9 Å². The molecule has 0 aromatic heterocycles. The second-order valence-corrected chi connectivity index (χ2v) is 6.50. The van der Waals surface area contributed by atoms with Crippen LogP contribution >= 0.6 is 43.5 Å². The smallest absolute Gasteiger partial charge is 0.333 e. The first kappa shape index (κ1) is 16.3. The van der Waals surface area contributed by atoms with E-state index in [1.165, 1.54) is 12.3 Å². The first-order valence-electron chi connectivity index (χ1n) is 5.35. The van der Waals surface area contributed by atoms with Gasteiger partial charge in [0.15, 0.2) is 0 Å². The maximum Gasteiger partial charge on any atom is 0.333 e. The van der Waals surface area contributed by atoms with Gasteiger partial charge in [-0.25, -0.2) is 4.79 Å². The largest absolute Gasteiger partial charge is 0.464 e. The third-order valence-electron chi connectivity index (χ3n) is 1.92. The maximum atomic E-state index is 11.1. The lowest BCUT2D eigenvalue weighted by molar-refractivity contribution is -0.137. The minimum Gasteiger partial charge on any atom is -0.464 e. The van der Waals surface area contributed by atoms with Gasteiger partial charge in [-0.05, 0) is 63.1 Å². The lowest BCUT2D eigenvalue weighted by atomic mass is 10.2. The van der Waals surface area contributed by atoms with Crippen molar-refractivity contribution in [2.75, 3.05) is 6.61 Å². The Morgan fingerprint density at radius 2 is 2.16 bits per heavy atom. The molecule has 3 nitrogen and oxygen atoms in total. The van der Waals surface area contributed by atoms with Crippen LogP contribution in [-0.2, 0) is 9.53 Å². The summed E-state index contributed by atoms with van der Waals surface area (Å²) in [7, 11) is 0. The SMILES string of the molecule is CCOC(=O)/C=C/Oc1ccc(Cl)cc1C=C(Br)Br. The molecule has 102 valence electrons. The van der Waals surface area contributed by atoms with Crippen molar-refractivity contribution in [3.8, 4) is 5.75 Å². The molecule has 0 heterocycles. The Bertz CT molecular complexity index is 509. The lowest BCUT2D eigenvalue weighted by Crippen LogP contribution is -1.99. The summed E-state index contributed by atoms with van der Waals surface area (Å²) in [6.07, 6.45) is 4.29. The zero-order valence-corrected chi connectivity index (χ0v) is 14.0. The minimum atomic E-state index is -0.449. The predicted molar refractivity (Wildman–Crippen MR) is 83.7 cm³/mol. The molecule has 0 atom stereocenters. The van der Waals surface area contributed by atoms with Crippen LogP contribution in [0.4, 0.5) is 0 Å². The molecule has 0 saturated heterocycles. The van der Waals surface area contributed by atoms with E-state index in [4.69, 9.17) is 21.1 Å². The first-order chi connectivity index (χ1) is 9.02. The second-order valence-electron chi connectivity index (χ2n) is 3.29. The molecule has 1 aromatic carbocycles. The highest BCUT2D eigenvalue weighted by molar-refractivity contribution is 9.28. The van der Waals surface area contributed by atoms with E-state index in [2.05, 4.69) is 31.9 Å². The molecular formula is C13H11Br2ClO3. The Balaban J connectivity index is 2.83. The van der Waals surface area contributed by atoms with Crippen molar-refractivity contribution >= 4 is 55.5 Å². The first-order valence-corrected chi connectivity index (χ1v) is 7.31. The van der Waals surface area contributed by atoms with Crippen molar-refractivity contribution in [1.29, 1.82) is 0 Å². The average molecular weight is 410 g/mol. The summed E-state index contributed by atoms with van der Waals surface area (Å²) in [5, 5.41) is 0.592. The van der Waals surface area contributed by atoms with Crippen LogP contribution in [-0.4, -0.2) is 12.6 Å². The van der Waals surface area contributed by atoms with Crippen LogP contribution in [0.3, 0.4) is 0 Å². The topological polar surface area (TPSA) is 35.5 Å². The molecule has 0 bridgehead atoms. The van der Waals surface area contributed by atoms with Crippen molar-refractivity contribution in [2.24, 2.45) is 0 Å². The van der Waals surface area contributed by atoms with Gasteiger partial charge in [0.2, 0.25) is 0 Å². The second kappa shape index (κ2) is 8.40. The summed E-state index contributed by atoms with van der Waals surface area (Å²) in [6.45, 7) is 2.07. The molecule has 19 heavy (non-hydrogen) atoms. The van der Waals surface area contributed by atoms with Gasteiger partial charge in [0.1, 0.15) is 5.75 Å². The van der Waals surface area contributed by atoms with E-state index in [-0.39, 0.29) is 0 Å². The summed E-state index contributed by atoms with van der Waals surface area (Å²) in [4.78, 5) is 11.1. The fourth-order valence-corrected chi connectivity index (χ4v) is 1.88. The average Bonchev–Trinajstić information content (AvgIpc) is 2.31. The van der Waals surface area contributed by atoms with E-state index >= 15 is 0 Å². The number of benzene rings is 1. The number of hydrogen-bond donors (Lipinski definition) is 0. The Kier molecular flexibility index (Phi) is 7.20. The van der Waals surface area contributed by atoms with Gasteiger partial charge < -0.3 is 9.47 Å². The fraction of sp³-hybridized carbons (Fsp3) is 0.154. The van der Waals surface area contributed by atoms with Gasteiger partial charge in [-0.2, -0.15) is 0 Å². The van der Waals surface area contributed by atoms with Crippen LogP contribution in [0.2, 0.25) is 5.02 Å². The van der Waals surface area contributed by atoms with Gasteiger partial charge in [0, 0.05) is 10.6 Å². The van der Waals surface area contributed by atoms with Crippen molar-refractivity contribution in [2.45, 2.75) is 6.92 Å². The Hall–Kier alpha value is -0.780. The van der Waals surface area contributed by atoms with E-state index in [1.807, 2.05) is 0 Å². The van der Waals surface area contributed by atoms with E-state index in [1.54, 1.807) is 31.2 Å². The van der Waals surface area contributed by atoms with Gasteiger partial charge in [-0.15, -0.1) is 0 Å². The molecule has 0 N–H and O–H groups in total.